The predicted molar refractivity (Wildman–Crippen MR) is 89.1 cm³/mol. The highest BCUT2D eigenvalue weighted by molar-refractivity contribution is 9.10. The van der Waals surface area contributed by atoms with Crippen molar-refractivity contribution < 1.29 is 4.79 Å². The molecule has 0 radical (unpaired) electrons. The predicted octanol–water partition coefficient (Wildman–Crippen LogP) is 3.75. The van der Waals surface area contributed by atoms with Crippen LogP contribution in [0.2, 0.25) is 0 Å². The molecule has 0 aliphatic heterocycles. The summed E-state index contributed by atoms with van der Waals surface area (Å²) in [5.41, 5.74) is 0.732. The zero-order chi connectivity index (χ0) is 14.8. The molecule has 2 N–H and O–H groups in total. The number of hydrogen-bond donors (Lipinski definition) is 2. The number of rotatable bonds is 3. The van der Waals surface area contributed by atoms with Gasteiger partial charge in [0.2, 0.25) is 10.1 Å². The number of anilines is 2. The number of nitrogens with one attached hydrogen (secondary N) is 2. The highest BCUT2D eigenvalue weighted by atomic mass is 79.9. The summed E-state index contributed by atoms with van der Waals surface area (Å²) >= 11 is 4.66. The summed E-state index contributed by atoms with van der Waals surface area (Å²) in [4.78, 5) is 12.1. The molecule has 0 atom stereocenters. The molecule has 3 rings (SSSR count). The molecule has 106 valence electrons. The third-order valence-corrected chi connectivity index (χ3v) is 4.33. The Hall–Kier alpha value is -1.99. The van der Waals surface area contributed by atoms with Crippen LogP contribution < -0.4 is 10.6 Å². The van der Waals surface area contributed by atoms with E-state index in [1.54, 1.807) is 7.05 Å². The Bertz CT molecular complexity index is 818. The molecule has 0 aliphatic carbocycles. The fraction of sp³-hybridized carbons (Fsp3) is 0.0714. The Balaban J connectivity index is 1.84. The minimum Gasteiger partial charge on any atom is -0.363 e. The Labute approximate surface area is 133 Å². The summed E-state index contributed by atoms with van der Waals surface area (Å²) in [5, 5.41) is 16.5. The van der Waals surface area contributed by atoms with E-state index in [4.69, 9.17) is 0 Å². The number of carbonyl (C=O) groups is 1. The number of amides is 1. The van der Waals surface area contributed by atoms with Crippen LogP contribution in [0.25, 0.3) is 10.8 Å². The maximum atomic E-state index is 12.1. The first-order valence-corrected chi connectivity index (χ1v) is 7.78. The van der Waals surface area contributed by atoms with Gasteiger partial charge in [-0.25, -0.2) is 0 Å². The van der Waals surface area contributed by atoms with E-state index in [0.717, 1.165) is 20.9 Å². The molecule has 21 heavy (non-hydrogen) atoms. The SMILES string of the molecule is CNc1nnc(C(=O)Nc2ccc3cc(Br)ccc3c2)s1. The zero-order valence-electron chi connectivity index (χ0n) is 11.1. The van der Waals surface area contributed by atoms with E-state index < -0.39 is 0 Å². The van der Waals surface area contributed by atoms with Gasteiger partial charge in [-0.05, 0) is 35.0 Å². The van der Waals surface area contributed by atoms with Crippen LogP contribution in [0.4, 0.5) is 10.8 Å². The lowest BCUT2D eigenvalue weighted by Crippen LogP contribution is -2.11. The first kappa shape index (κ1) is 14.0. The van der Waals surface area contributed by atoms with Gasteiger partial charge in [-0.15, -0.1) is 10.2 Å². The van der Waals surface area contributed by atoms with Crippen LogP contribution in [0.1, 0.15) is 9.80 Å². The molecule has 1 amide bonds. The average molecular weight is 363 g/mol. The van der Waals surface area contributed by atoms with Crippen molar-refractivity contribution in [1.29, 1.82) is 0 Å². The second kappa shape index (κ2) is 5.79. The van der Waals surface area contributed by atoms with E-state index in [0.29, 0.717) is 10.1 Å². The van der Waals surface area contributed by atoms with Crippen molar-refractivity contribution in [3.05, 3.63) is 45.9 Å². The average Bonchev–Trinajstić information content (AvgIpc) is 2.96. The lowest BCUT2D eigenvalue weighted by atomic mass is 10.1. The quantitative estimate of drug-likeness (QED) is 0.744. The van der Waals surface area contributed by atoms with Crippen molar-refractivity contribution in [1.82, 2.24) is 10.2 Å². The zero-order valence-corrected chi connectivity index (χ0v) is 13.5. The fourth-order valence-electron chi connectivity index (χ4n) is 1.89. The van der Waals surface area contributed by atoms with Gasteiger partial charge in [-0.2, -0.15) is 0 Å². The molecule has 7 heteroatoms. The number of nitrogens with zero attached hydrogens (tertiary/aromatic N) is 2. The molecular formula is C14H11BrN4OS. The molecule has 0 saturated carbocycles. The van der Waals surface area contributed by atoms with Gasteiger partial charge in [0.05, 0.1) is 0 Å². The smallest absolute Gasteiger partial charge is 0.286 e. The Morgan fingerprint density at radius 2 is 1.90 bits per heavy atom. The Morgan fingerprint density at radius 1 is 1.14 bits per heavy atom. The van der Waals surface area contributed by atoms with Crippen LogP contribution in [0.15, 0.2) is 40.9 Å². The molecule has 0 bridgehead atoms. The number of hydrogen-bond acceptors (Lipinski definition) is 5. The minimum atomic E-state index is -0.259. The fourth-order valence-corrected chi connectivity index (χ4v) is 2.87. The molecule has 0 saturated heterocycles. The van der Waals surface area contributed by atoms with E-state index in [1.165, 1.54) is 11.3 Å². The van der Waals surface area contributed by atoms with E-state index in [2.05, 4.69) is 36.8 Å². The van der Waals surface area contributed by atoms with Gasteiger partial charge in [0.1, 0.15) is 0 Å². The highest BCUT2D eigenvalue weighted by Crippen LogP contribution is 2.23. The van der Waals surface area contributed by atoms with Gasteiger partial charge in [0.15, 0.2) is 0 Å². The van der Waals surface area contributed by atoms with E-state index in [-0.39, 0.29) is 5.91 Å². The second-order valence-corrected chi connectivity index (χ2v) is 6.22. The molecule has 1 heterocycles. The van der Waals surface area contributed by atoms with Gasteiger partial charge in [-0.1, -0.05) is 39.4 Å². The third-order valence-electron chi connectivity index (χ3n) is 2.89. The summed E-state index contributed by atoms with van der Waals surface area (Å²) < 4.78 is 1.03. The first-order valence-electron chi connectivity index (χ1n) is 6.17. The standard InChI is InChI=1S/C14H11BrN4OS/c1-16-14-19-18-13(21-14)12(20)17-11-5-3-8-6-10(15)4-2-9(8)7-11/h2-7H,1H3,(H,16,19)(H,17,20). The molecular weight excluding hydrogens is 352 g/mol. The van der Waals surface area contributed by atoms with Crippen LogP contribution in [0, 0.1) is 0 Å². The summed E-state index contributed by atoms with van der Waals surface area (Å²) in [5.74, 6) is -0.259. The van der Waals surface area contributed by atoms with Crippen LogP contribution in [0.3, 0.4) is 0 Å². The molecule has 0 spiro atoms. The summed E-state index contributed by atoms with van der Waals surface area (Å²) in [6, 6.07) is 11.8. The van der Waals surface area contributed by atoms with Crippen LogP contribution in [-0.4, -0.2) is 23.2 Å². The second-order valence-electron chi connectivity index (χ2n) is 4.32. The van der Waals surface area contributed by atoms with Crippen molar-refractivity contribution in [2.45, 2.75) is 0 Å². The maximum absolute atomic E-state index is 12.1. The summed E-state index contributed by atoms with van der Waals surface area (Å²) in [6.07, 6.45) is 0. The van der Waals surface area contributed by atoms with Crippen molar-refractivity contribution >= 4 is 54.8 Å². The molecule has 5 nitrogen and oxygen atoms in total. The lowest BCUT2D eigenvalue weighted by Gasteiger charge is -2.05. The summed E-state index contributed by atoms with van der Waals surface area (Å²) in [6.45, 7) is 0. The normalized spacial score (nSPS) is 10.6. The van der Waals surface area contributed by atoms with E-state index in [1.807, 2.05) is 36.4 Å². The maximum Gasteiger partial charge on any atom is 0.286 e. The molecule has 2 aromatic carbocycles. The Morgan fingerprint density at radius 3 is 2.67 bits per heavy atom. The van der Waals surface area contributed by atoms with Crippen molar-refractivity contribution in [2.75, 3.05) is 17.7 Å². The van der Waals surface area contributed by atoms with Gasteiger partial charge in [-0.3, -0.25) is 4.79 Å². The number of halogens is 1. The van der Waals surface area contributed by atoms with Gasteiger partial charge in [0, 0.05) is 17.2 Å². The van der Waals surface area contributed by atoms with Crippen LogP contribution >= 0.6 is 27.3 Å². The van der Waals surface area contributed by atoms with Crippen LogP contribution in [0.5, 0.6) is 0 Å². The lowest BCUT2D eigenvalue weighted by molar-refractivity contribution is 0.102. The molecule has 0 fully saturated rings. The van der Waals surface area contributed by atoms with Gasteiger partial charge < -0.3 is 10.6 Å². The van der Waals surface area contributed by atoms with Gasteiger partial charge >= 0.3 is 0 Å². The molecule has 1 aromatic heterocycles. The van der Waals surface area contributed by atoms with Gasteiger partial charge in [0.25, 0.3) is 5.91 Å². The molecule has 0 aliphatic rings. The van der Waals surface area contributed by atoms with E-state index in [9.17, 15) is 4.79 Å². The van der Waals surface area contributed by atoms with Crippen molar-refractivity contribution in [3.63, 3.8) is 0 Å². The Kier molecular flexibility index (Phi) is 3.85. The molecule has 3 aromatic rings. The highest BCUT2D eigenvalue weighted by Gasteiger charge is 2.12. The number of carbonyl (C=O) groups excluding carboxylic acids is 1. The topological polar surface area (TPSA) is 66.9 Å². The summed E-state index contributed by atoms with van der Waals surface area (Å²) in [7, 11) is 1.74. The van der Waals surface area contributed by atoms with Crippen LogP contribution in [-0.2, 0) is 0 Å². The number of aromatic nitrogens is 2. The third kappa shape index (κ3) is 3.03. The minimum absolute atomic E-state index is 0.259. The largest absolute Gasteiger partial charge is 0.363 e. The monoisotopic (exact) mass is 362 g/mol. The van der Waals surface area contributed by atoms with Crippen molar-refractivity contribution in [3.8, 4) is 0 Å². The molecule has 0 unspecified atom stereocenters. The van der Waals surface area contributed by atoms with E-state index >= 15 is 0 Å². The van der Waals surface area contributed by atoms with Crippen molar-refractivity contribution in [2.24, 2.45) is 0 Å². The number of benzene rings is 2. The number of fused-ring (bicyclic) bond motifs is 1. The first-order chi connectivity index (χ1) is 10.2.